The molecule has 1 aromatic heterocycles. The van der Waals surface area contributed by atoms with Crippen molar-refractivity contribution in [2.45, 2.75) is 24.3 Å². The summed E-state index contributed by atoms with van der Waals surface area (Å²) in [4.78, 5) is 12.1. The molecule has 7 heteroatoms. The average Bonchev–Trinajstić information content (AvgIpc) is 3.04. The molecule has 0 atom stereocenters. The molecule has 1 aromatic carbocycles. The second kappa shape index (κ2) is 6.25. The van der Waals surface area contributed by atoms with Gasteiger partial charge in [0.15, 0.2) is 0 Å². The third kappa shape index (κ3) is 3.35. The second-order valence-corrected chi connectivity index (χ2v) is 7.51. The third-order valence-corrected chi connectivity index (χ3v) is 5.78. The van der Waals surface area contributed by atoms with E-state index >= 15 is 0 Å². The van der Waals surface area contributed by atoms with Gasteiger partial charge in [-0.1, -0.05) is 12.1 Å². The summed E-state index contributed by atoms with van der Waals surface area (Å²) in [5, 5.41) is 0. The van der Waals surface area contributed by atoms with Crippen LogP contribution in [-0.2, 0) is 16.6 Å². The predicted molar refractivity (Wildman–Crippen MR) is 84.2 cm³/mol. The standard InChI is InChI=1S/C16H17FN2O3S/c17-14-5-3-4-13(10-14)11-18-12-15(6-7-16(18)20)23(21,22)19-8-1-2-9-19/h3-7,10,12H,1-2,8-9,11H2. The molecule has 0 saturated carbocycles. The maximum absolute atomic E-state index is 13.3. The van der Waals surface area contributed by atoms with Crippen molar-refractivity contribution in [1.82, 2.24) is 8.87 Å². The van der Waals surface area contributed by atoms with Crippen LogP contribution in [0.25, 0.3) is 0 Å². The second-order valence-electron chi connectivity index (χ2n) is 5.57. The van der Waals surface area contributed by atoms with Gasteiger partial charge in [-0.05, 0) is 36.6 Å². The van der Waals surface area contributed by atoms with Crippen LogP contribution in [0.3, 0.4) is 0 Å². The fourth-order valence-corrected chi connectivity index (χ4v) is 4.23. The Balaban J connectivity index is 1.94. The van der Waals surface area contributed by atoms with E-state index in [2.05, 4.69) is 0 Å². The van der Waals surface area contributed by atoms with E-state index in [9.17, 15) is 17.6 Å². The third-order valence-electron chi connectivity index (χ3n) is 3.90. The Labute approximate surface area is 134 Å². The predicted octanol–water partition coefficient (Wildman–Crippen LogP) is 1.82. The Morgan fingerprint density at radius 3 is 2.52 bits per heavy atom. The van der Waals surface area contributed by atoms with Crippen LogP contribution >= 0.6 is 0 Å². The fourth-order valence-electron chi connectivity index (χ4n) is 2.70. The van der Waals surface area contributed by atoms with Crippen molar-refractivity contribution in [1.29, 1.82) is 0 Å². The minimum absolute atomic E-state index is 0.0930. The summed E-state index contributed by atoms with van der Waals surface area (Å²) in [7, 11) is -3.58. The summed E-state index contributed by atoms with van der Waals surface area (Å²) < 4.78 is 41.1. The molecular formula is C16H17FN2O3S. The number of benzene rings is 1. The Morgan fingerprint density at radius 1 is 1.09 bits per heavy atom. The van der Waals surface area contributed by atoms with Crippen LogP contribution in [0.4, 0.5) is 4.39 Å². The van der Waals surface area contributed by atoms with Gasteiger partial charge in [0.05, 0.1) is 11.4 Å². The van der Waals surface area contributed by atoms with Crippen molar-refractivity contribution in [3.05, 3.63) is 64.3 Å². The molecule has 1 aliphatic rings. The number of sulfonamides is 1. The molecule has 2 aromatic rings. The van der Waals surface area contributed by atoms with E-state index in [0.717, 1.165) is 12.8 Å². The summed E-state index contributed by atoms with van der Waals surface area (Å²) >= 11 is 0. The van der Waals surface area contributed by atoms with Gasteiger partial charge in [-0.15, -0.1) is 0 Å². The molecule has 23 heavy (non-hydrogen) atoms. The van der Waals surface area contributed by atoms with Gasteiger partial charge in [-0.25, -0.2) is 12.8 Å². The average molecular weight is 336 g/mol. The molecule has 1 fully saturated rings. The maximum atomic E-state index is 13.3. The molecule has 3 rings (SSSR count). The van der Waals surface area contributed by atoms with Crippen LogP contribution in [0.2, 0.25) is 0 Å². The number of hydrogen-bond acceptors (Lipinski definition) is 3. The number of aromatic nitrogens is 1. The molecule has 0 N–H and O–H groups in total. The molecule has 1 saturated heterocycles. The lowest BCUT2D eigenvalue weighted by Gasteiger charge is -2.16. The highest BCUT2D eigenvalue weighted by Gasteiger charge is 2.27. The van der Waals surface area contributed by atoms with Crippen LogP contribution in [0.15, 0.2) is 52.3 Å². The van der Waals surface area contributed by atoms with E-state index in [0.29, 0.717) is 18.7 Å². The van der Waals surface area contributed by atoms with E-state index in [1.807, 2.05) is 0 Å². The van der Waals surface area contributed by atoms with Gasteiger partial charge >= 0.3 is 0 Å². The highest BCUT2D eigenvalue weighted by molar-refractivity contribution is 7.89. The van der Waals surface area contributed by atoms with Gasteiger partial charge < -0.3 is 4.57 Å². The molecular weight excluding hydrogens is 319 g/mol. The van der Waals surface area contributed by atoms with Crippen molar-refractivity contribution in [2.24, 2.45) is 0 Å². The molecule has 5 nitrogen and oxygen atoms in total. The molecule has 0 radical (unpaired) electrons. The molecule has 1 aliphatic heterocycles. The highest BCUT2D eigenvalue weighted by Crippen LogP contribution is 2.20. The SMILES string of the molecule is O=c1ccc(S(=O)(=O)N2CCCC2)cn1Cc1cccc(F)c1. The lowest BCUT2D eigenvalue weighted by Crippen LogP contribution is -2.29. The first-order valence-corrected chi connectivity index (χ1v) is 8.86. The highest BCUT2D eigenvalue weighted by atomic mass is 32.2. The molecule has 0 aliphatic carbocycles. The lowest BCUT2D eigenvalue weighted by molar-refractivity contribution is 0.476. The Morgan fingerprint density at radius 2 is 1.83 bits per heavy atom. The Bertz CT molecular complexity index is 871. The smallest absolute Gasteiger partial charge is 0.250 e. The number of rotatable bonds is 4. The molecule has 0 bridgehead atoms. The zero-order valence-electron chi connectivity index (χ0n) is 12.5. The van der Waals surface area contributed by atoms with Crippen LogP contribution in [0, 0.1) is 5.82 Å². The van der Waals surface area contributed by atoms with Gasteiger partial charge in [0.1, 0.15) is 5.82 Å². The number of nitrogens with zero attached hydrogens (tertiary/aromatic N) is 2. The zero-order chi connectivity index (χ0) is 16.4. The maximum Gasteiger partial charge on any atom is 0.250 e. The molecule has 0 spiro atoms. The summed E-state index contributed by atoms with van der Waals surface area (Å²) in [6, 6.07) is 8.46. The van der Waals surface area contributed by atoms with Crippen molar-refractivity contribution in [2.75, 3.05) is 13.1 Å². The van der Waals surface area contributed by atoms with E-state index in [1.165, 1.54) is 39.3 Å². The topological polar surface area (TPSA) is 59.4 Å². The van der Waals surface area contributed by atoms with E-state index in [1.54, 1.807) is 12.1 Å². The van der Waals surface area contributed by atoms with Gasteiger partial charge in [-0.3, -0.25) is 4.79 Å². The van der Waals surface area contributed by atoms with Crippen molar-refractivity contribution in [3.8, 4) is 0 Å². The summed E-state index contributed by atoms with van der Waals surface area (Å²) in [6.07, 6.45) is 3.03. The molecule has 2 heterocycles. The van der Waals surface area contributed by atoms with Crippen LogP contribution < -0.4 is 5.56 Å². The lowest BCUT2D eigenvalue weighted by atomic mass is 10.2. The summed E-state index contributed by atoms with van der Waals surface area (Å²) in [6.45, 7) is 1.14. The van der Waals surface area contributed by atoms with Crippen LogP contribution in [0.1, 0.15) is 18.4 Å². The van der Waals surface area contributed by atoms with E-state index in [-0.39, 0.29) is 17.0 Å². The van der Waals surface area contributed by atoms with Crippen LogP contribution in [-0.4, -0.2) is 30.4 Å². The minimum Gasteiger partial charge on any atom is -0.310 e. The van der Waals surface area contributed by atoms with Gasteiger partial charge in [0, 0.05) is 25.4 Å². The number of pyridine rings is 1. The van der Waals surface area contributed by atoms with Crippen molar-refractivity contribution >= 4 is 10.0 Å². The van der Waals surface area contributed by atoms with Gasteiger partial charge in [0.25, 0.3) is 5.56 Å². The number of halogens is 1. The van der Waals surface area contributed by atoms with E-state index < -0.39 is 15.8 Å². The first-order chi connectivity index (χ1) is 11.0. The number of hydrogen-bond donors (Lipinski definition) is 0. The first-order valence-electron chi connectivity index (χ1n) is 7.42. The monoisotopic (exact) mass is 336 g/mol. The van der Waals surface area contributed by atoms with Crippen molar-refractivity contribution in [3.63, 3.8) is 0 Å². The Hall–Kier alpha value is -1.99. The zero-order valence-corrected chi connectivity index (χ0v) is 13.3. The minimum atomic E-state index is -3.58. The molecule has 0 amide bonds. The molecule has 0 unspecified atom stereocenters. The van der Waals surface area contributed by atoms with Crippen LogP contribution in [0.5, 0.6) is 0 Å². The van der Waals surface area contributed by atoms with Gasteiger partial charge in [-0.2, -0.15) is 4.31 Å². The summed E-state index contributed by atoms with van der Waals surface area (Å²) in [5.74, 6) is -0.392. The largest absolute Gasteiger partial charge is 0.310 e. The Kier molecular flexibility index (Phi) is 4.32. The normalized spacial score (nSPS) is 15.9. The van der Waals surface area contributed by atoms with Gasteiger partial charge in [0.2, 0.25) is 10.0 Å². The quantitative estimate of drug-likeness (QED) is 0.856. The fraction of sp³-hybridized carbons (Fsp3) is 0.312. The first kappa shape index (κ1) is 15.9. The van der Waals surface area contributed by atoms with Crippen molar-refractivity contribution < 1.29 is 12.8 Å². The molecule has 122 valence electrons. The van der Waals surface area contributed by atoms with E-state index in [4.69, 9.17) is 0 Å². The summed E-state index contributed by atoms with van der Waals surface area (Å²) in [5.41, 5.74) is 0.275.